The van der Waals surface area contributed by atoms with E-state index in [9.17, 15) is 5.11 Å². The van der Waals surface area contributed by atoms with Gasteiger partial charge in [-0.3, -0.25) is 0 Å². The highest BCUT2D eigenvalue weighted by Crippen LogP contribution is 2.34. The van der Waals surface area contributed by atoms with E-state index in [2.05, 4.69) is 0 Å². The largest absolute Gasteiger partial charge is 0.508 e. The zero-order valence-corrected chi connectivity index (χ0v) is 10.5. The Balaban J connectivity index is 2.22. The van der Waals surface area contributed by atoms with Gasteiger partial charge in [-0.1, -0.05) is 60.7 Å². The van der Waals surface area contributed by atoms with Crippen molar-refractivity contribution in [2.75, 3.05) is 0 Å². The topological polar surface area (TPSA) is 46.2 Å². The summed E-state index contributed by atoms with van der Waals surface area (Å²) < 4.78 is 0. The molecule has 3 N–H and O–H groups in total. The molecule has 19 heavy (non-hydrogen) atoms. The lowest BCUT2D eigenvalue weighted by Crippen LogP contribution is -2.12. The molecule has 3 rings (SSSR count). The first kappa shape index (κ1) is 11.8. The molecule has 0 fully saturated rings. The smallest absolute Gasteiger partial charge is 0.121 e. The molecule has 0 saturated heterocycles. The van der Waals surface area contributed by atoms with Crippen LogP contribution in [0.1, 0.15) is 17.2 Å². The lowest BCUT2D eigenvalue weighted by molar-refractivity contribution is 0.466. The fourth-order valence-corrected chi connectivity index (χ4v) is 2.44. The van der Waals surface area contributed by atoms with Gasteiger partial charge in [0, 0.05) is 5.56 Å². The molecule has 1 atom stereocenters. The summed E-state index contributed by atoms with van der Waals surface area (Å²) in [4.78, 5) is 0. The van der Waals surface area contributed by atoms with Crippen LogP contribution in [0, 0.1) is 0 Å². The highest BCUT2D eigenvalue weighted by atomic mass is 16.3. The molecule has 0 heterocycles. The molecule has 0 spiro atoms. The summed E-state index contributed by atoms with van der Waals surface area (Å²) in [6.07, 6.45) is 0. The van der Waals surface area contributed by atoms with Crippen molar-refractivity contribution in [1.82, 2.24) is 0 Å². The Morgan fingerprint density at radius 1 is 0.789 bits per heavy atom. The molecule has 0 unspecified atom stereocenters. The fourth-order valence-electron chi connectivity index (χ4n) is 2.44. The standard InChI is InChI=1S/C17H15NO/c18-17(13-7-2-1-3-8-13)16-14-9-5-4-6-12(14)10-11-15(16)19/h1-11,17,19H,18H2/t17-/m0/s1. The van der Waals surface area contributed by atoms with Gasteiger partial charge in [-0.05, 0) is 22.4 Å². The first-order valence-corrected chi connectivity index (χ1v) is 6.28. The van der Waals surface area contributed by atoms with Gasteiger partial charge in [0.2, 0.25) is 0 Å². The van der Waals surface area contributed by atoms with Gasteiger partial charge in [-0.25, -0.2) is 0 Å². The number of nitrogens with two attached hydrogens (primary N) is 1. The van der Waals surface area contributed by atoms with Crippen molar-refractivity contribution in [3.8, 4) is 5.75 Å². The van der Waals surface area contributed by atoms with Crippen LogP contribution in [0.4, 0.5) is 0 Å². The first-order chi connectivity index (χ1) is 9.27. The number of hydrogen-bond acceptors (Lipinski definition) is 2. The van der Waals surface area contributed by atoms with Gasteiger partial charge >= 0.3 is 0 Å². The third-order valence-electron chi connectivity index (χ3n) is 3.42. The molecule has 2 nitrogen and oxygen atoms in total. The number of rotatable bonds is 2. The van der Waals surface area contributed by atoms with Crippen molar-refractivity contribution >= 4 is 10.8 Å². The molecular weight excluding hydrogens is 234 g/mol. The predicted molar refractivity (Wildman–Crippen MR) is 78.1 cm³/mol. The number of benzene rings is 3. The fraction of sp³-hybridized carbons (Fsp3) is 0.0588. The molecule has 94 valence electrons. The third kappa shape index (κ3) is 2.07. The van der Waals surface area contributed by atoms with E-state index in [0.717, 1.165) is 21.9 Å². The Bertz CT molecular complexity index is 707. The van der Waals surface area contributed by atoms with E-state index in [4.69, 9.17) is 5.73 Å². The van der Waals surface area contributed by atoms with Crippen LogP contribution in [0.5, 0.6) is 5.75 Å². The van der Waals surface area contributed by atoms with Gasteiger partial charge in [0.15, 0.2) is 0 Å². The Morgan fingerprint density at radius 2 is 1.47 bits per heavy atom. The Labute approximate surface area is 112 Å². The highest BCUT2D eigenvalue weighted by Gasteiger charge is 2.16. The molecule has 0 aromatic heterocycles. The normalized spacial score (nSPS) is 12.5. The number of phenolic OH excluding ortho intramolecular Hbond substituents is 1. The van der Waals surface area contributed by atoms with Crippen LogP contribution >= 0.6 is 0 Å². The molecule has 0 bridgehead atoms. The van der Waals surface area contributed by atoms with Crippen LogP contribution in [0.15, 0.2) is 66.7 Å². The van der Waals surface area contributed by atoms with Crippen LogP contribution in [-0.2, 0) is 0 Å². The molecule has 0 amide bonds. The lowest BCUT2D eigenvalue weighted by atomic mass is 9.93. The van der Waals surface area contributed by atoms with Crippen molar-refractivity contribution < 1.29 is 5.11 Å². The minimum absolute atomic E-state index is 0.245. The summed E-state index contributed by atoms with van der Waals surface area (Å²) in [6, 6.07) is 21.1. The zero-order valence-electron chi connectivity index (χ0n) is 10.5. The average molecular weight is 249 g/mol. The van der Waals surface area contributed by atoms with E-state index in [1.807, 2.05) is 60.7 Å². The van der Waals surface area contributed by atoms with Crippen molar-refractivity contribution in [2.45, 2.75) is 6.04 Å². The predicted octanol–water partition coefficient (Wildman–Crippen LogP) is 3.59. The van der Waals surface area contributed by atoms with Crippen LogP contribution < -0.4 is 5.73 Å². The molecular formula is C17H15NO. The molecule has 0 saturated carbocycles. The van der Waals surface area contributed by atoms with Crippen LogP contribution in [-0.4, -0.2) is 5.11 Å². The molecule has 3 aromatic carbocycles. The zero-order chi connectivity index (χ0) is 13.2. The van der Waals surface area contributed by atoms with Gasteiger partial charge in [0.25, 0.3) is 0 Å². The van der Waals surface area contributed by atoms with E-state index in [1.165, 1.54) is 0 Å². The van der Waals surface area contributed by atoms with Crippen molar-refractivity contribution in [3.63, 3.8) is 0 Å². The van der Waals surface area contributed by atoms with Crippen LogP contribution in [0.3, 0.4) is 0 Å². The molecule has 3 aromatic rings. The Kier molecular flexibility index (Phi) is 2.94. The molecule has 0 aliphatic carbocycles. The van der Waals surface area contributed by atoms with Gasteiger partial charge in [-0.2, -0.15) is 0 Å². The van der Waals surface area contributed by atoms with Crippen molar-refractivity contribution in [1.29, 1.82) is 0 Å². The number of hydrogen-bond donors (Lipinski definition) is 2. The first-order valence-electron chi connectivity index (χ1n) is 6.28. The second-order valence-corrected chi connectivity index (χ2v) is 4.61. The summed E-state index contributed by atoms with van der Waals surface area (Å²) >= 11 is 0. The SMILES string of the molecule is N[C@@H](c1ccccc1)c1c(O)ccc2ccccc12. The molecule has 0 aliphatic heterocycles. The third-order valence-corrected chi connectivity index (χ3v) is 3.42. The van der Waals surface area contributed by atoms with Crippen LogP contribution in [0.2, 0.25) is 0 Å². The quantitative estimate of drug-likeness (QED) is 0.729. The summed E-state index contributed by atoms with van der Waals surface area (Å²) in [5.74, 6) is 0.245. The van der Waals surface area contributed by atoms with E-state index in [-0.39, 0.29) is 11.8 Å². The maximum absolute atomic E-state index is 10.2. The van der Waals surface area contributed by atoms with E-state index >= 15 is 0 Å². The second-order valence-electron chi connectivity index (χ2n) is 4.61. The maximum Gasteiger partial charge on any atom is 0.121 e. The lowest BCUT2D eigenvalue weighted by Gasteiger charge is -2.16. The highest BCUT2D eigenvalue weighted by molar-refractivity contribution is 5.88. The Morgan fingerprint density at radius 3 is 2.26 bits per heavy atom. The van der Waals surface area contributed by atoms with Gasteiger partial charge in [0.05, 0.1) is 6.04 Å². The second kappa shape index (κ2) is 4.75. The minimum atomic E-state index is -0.327. The summed E-state index contributed by atoms with van der Waals surface area (Å²) in [5.41, 5.74) is 8.10. The van der Waals surface area contributed by atoms with Gasteiger partial charge in [0.1, 0.15) is 5.75 Å². The van der Waals surface area contributed by atoms with E-state index in [1.54, 1.807) is 6.07 Å². The van der Waals surface area contributed by atoms with Crippen molar-refractivity contribution in [2.24, 2.45) is 5.73 Å². The van der Waals surface area contributed by atoms with Crippen molar-refractivity contribution in [3.05, 3.63) is 77.9 Å². The minimum Gasteiger partial charge on any atom is -0.508 e. The molecule has 2 heteroatoms. The van der Waals surface area contributed by atoms with E-state index in [0.29, 0.717) is 0 Å². The monoisotopic (exact) mass is 249 g/mol. The molecule has 0 aliphatic rings. The summed E-state index contributed by atoms with van der Waals surface area (Å²) in [7, 11) is 0. The summed E-state index contributed by atoms with van der Waals surface area (Å²) in [5, 5.41) is 12.2. The van der Waals surface area contributed by atoms with Gasteiger partial charge < -0.3 is 10.8 Å². The number of aromatic hydroxyl groups is 1. The van der Waals surface area contributed by atoms with Crippen LogP contribution in [0.25, 0.3) is 10.8 Å². The van der Waals surface area contributed by atoms with E-state index < -0.39 is 0 Å². The molecule has 0 radical (unpaired) electrons. The number of phenols is 1. The average Bonchev–Trinajstić information content (AvgIpc) is 2.47. The Hall–Kier alpha value is -2.32. The maximum atomic E-state index is 10.2. The number of fused-ring (bicyclic) bond motifs is 1. The van der Waals surface area contributed by atoms with Gasteiger partial charge in [-0.15, -0.1) is 0 Å². The summed E-state index contributed by atoms with van der Waals surface area (Å²) in [6.45, 7) is 0.